The molecule has 1 aromatic carbocycles. The lowest BCUT2D eigenvalue weighted by molar-refractivity contribution is -0.145. The number of hydrogen-bond donors (Lipinski definition) is 1. The molecule has 0 radical (unpaired) electrons. The first-order valence-corrected chi connectivity index (χ1v) is 7.40. The van der Waals surface area contributed by atoms with E-state index in [9.17, 15) is 22.8 Å². The Kier molecular flexibility index (Phi) is 5.41. The first-order valence-electron chi connectivity index (χ1n) is 7.02. The van der Waals surface area contributed by atoms with E-state index in [1.165, 1.54) is 0 Å². The van der Waals surface area contributed by atoms with Gasteiger partial charge in [0.2, 0.25) is 0 Å². The topological polar surface area (TPSA) is 86.4 Å². The molecule has 0 aliphatic heterocycles. The molecule has 1 heterocycles. The molecular weight excluding hydrogens is 367 g/mol. The Hall–Kier alpha value is -2.49. The van der Waals surface area contributed by atoms with E-state index in [0.717, 1.165) is 19.1 Å². The highest BCUT2D eigenvalue weighted by atomic mass is 35.5. The lowest BCUT2D eigenvalue weighted by Crippen LogP contribution is -2.27. The van der Waals surface area contributed by atoms with E-state index in [1.54, 1.807) is 6.92 Å². The molecule has 0 aliphatic carbocycles. The average Bonchev–Trinajstić information content (AvgIpc) is 2.80. The summed E-state index contributed by atoms with van der Waals surface area (Å²) in [6.45, 7) is -0.439. The summed E-state index contributed by atoms with van der Waals surface area (Å²) in [5.41, 5.74) is -1.75. The highest BCUT2D eigenvalue weighted by molar-refractivity contribution is 6.32. The fraction of sp³-hybridized carbons (Fsp3) is 0.357. The molecule has 0 saturated carbocycles. The van der Waals surface area contributed by atoms with E-state index in [4.69, 9.17) is 21.4 Å². The van der Waals surface area contributed by atoms with Gasteiger partial charge in [0, 0.05) is 6.07 Å². The second-order valence-corrected chi connectivity index (χ2v) is 5.38. The van der Waals surface area contributed by atoms with Crippen molar-refractivity contribution >= 4 is 17.6 Å². The molecule has 1 aromatic heterocycles. The summed E-state index contributed by atoms with van der Waals surface area (Å²) in [6, 6.07) is 1.72. The van der Waals surface area contributed by atoms with Crippen molar-refractivity contribution in [3.8, 4) is 11.4 Å². The standard InChI is InChI=1S/C14H13ClF3N3O4/c1-3-10(12(22)23)25-11-5-9(8(16)4-7(11)15)21-14(24)20(13(17)18)6(2)19-21/h4-5,10,13H,3H2,1-2H3,(H,22,23). The van der Waals surface area contributed by atoms with Crippen LogP contribution in [0.15, 0.2) is 16.9 Å². The molecule has 2 aromatic rings. The predicted molar refractivity (Wildman–Crippen MR) is 81.1 cm³/mol. The molecule has 0 fully saturated rings. The molecule has 1 atom stereocenters. The van der Waals surface area contributed by atoms with Crippen LogP contribution in [0.25, 0.3) is 5.69 Å². The third-order valence-corrected chi connectivity index (χ3v) is 3.62. The van der Waals surface area contributed by atoms with Crippen LogP contribution in [-0.4, -0.2) is 31.5 Å². The largest absolute Gasteiger partial charge is 0.479 e. The number of nitrogens with zero attached hydrogens (tertiary/aromatic N) is 3. The van der Waals surface area contributed by atoms with Gasteiger partial charge in [-0.1, -0.05) is 18.5 Å². The predicted octanol–water partition coefficient (Wildman–Crippen LogP) is 2.77. The molecule has 0 saturated heterocycles. The summed E-state index contributed by atoms with van der Waals surface area (Å²) in [6.07, 6.45) is -1.16. The van der Waals surface area contributed by atoms with Crippen LogP contribution in [-0.2, 0) is 4.79 Å². The average molecular weight is 380 g/mol. The van der Waals surface area contributed by atoms with Crippen molar-refractivity contribution in [1.29, 1.82) is 0 Å². The fourth-order valence-electron chi connectivity index (χ4n) is 2.09. The zero-order valence-electron chi connectivity index (χ0n) is 13.0. The Bertz CT molecular complexity index is 866. The van der Waals surface area contributed by atoms with Crippen molar-refractivity contribution in [1.82, 2.24) is 14.3 Å². The first kappa shape index (κ1) is 18.8. The quantitative estimate of drug-likeness (QED) is 0.834. The number of ether oxygens (including phenoxy) is 1. The monoisotopic (exact) mass is 379 g/mol. The molecule has 25 heavy (non-hydrogen) atoms. The highest BCUT2D eigenvalue weighted by Crippen LogP contribution is 2.30. The molecule has 7 nitrogen and oxygen atoms in total. The molecule has 0 aliphatic rings. The van der Waals surface area contributed by atoms with E-state index in [1.807, 2.05) is 0 Å². The summed E-state index contributed by atoms with van der Waals surface area (Å²) < 4.78 is 45.6. The van der Waals surface area contributed by atoms with Crippen LogP contribution in [0.3, 0.4) is 0 Å². The minimum Gasteiger partial charge on any atom is -0.479 e. The Labute approximate surface area is 144 Å². The number of hydrogen-bond acceptors (Lipinski definition) is 4. The Morgan fingerprint density at radius 1 is 1.44 bits per heavy atom. The second-order valence-electron chi connectivity index (χ2n) is 4.98. The van der Waals surface area contributed by atoms with Gasteiger partial charge in [0.05, 0.1) is 5.02 Å². The zero-order valence-corrected chi connectivity index (χ0v) is 13.8. The van der Waals surface area contributed by atoms with E-state index in [2.05, 4.69) is 5.10 Å². The smallest absolute Gasteiger partial charge is 0.355 e. The maximum atomic E-state index is 14.2. The minimum atomic E-state index is -3.15. The van der Waals surface area contributed by atoms with Crippen molar-refractivity contribution in [2.75, 3.05) is 0 Å². The van der Waals surface area contributed by atoms with Crippen LogP contribution in [0.2, 0.25) is 5.02 Å². The third kappa shape index (κ3) is 3.63. The van der Waals surface area contributed by atoms with Gasteiger partial charge in [0.15, 0.2) is 11.9 Å². The first-order chi connectivity index (χ1) is 11.7. The SMILES string of the molecule is CCC(Oc1cc(-n2nc(C)n(C(F)F)c2=O)c(F)cc1Cl)C(=O)O. The van der Waals surface area contributed by atoms with Gasteiger partial charge in [-0.15, -0.1) is 5.10 Å². The summed E-state index contributed by atoms with van der Waals surface area (Å²) in [7, 11) is 0. The zero-order chi connectivity index (χ0) is 18.9. The molecule has 0 amide bonds. The van der Waals surface area contributed by atoms with Gasteiger partial charge in [-0.3, -0.25) is 0 Å². The molecule has 2 rings (SSSR count). The summed E-state index contributed by atoms with van der Waals surface area (Å²) in [5, 5.41) is 12.4. The van der Waals surface area contributed by atoms with E-state index < -0.39 is 35.8 Å². The number of carboxylic acids is 1. The van der Waals surface area contributed by atoms with Gasteiger partial charge in [0.1, 0.15) is 17.3 Å². The summed E-state index contributed by atoms with van der Waals surface area (Å²) in [5.74, 6) is -2.82. The summed E-state index contributed by atoms with van der Waals surface area (Å²) in [4.78, 5) is 23.1. The maximum Gasteiger partial charge on any atom is 0.355 e. The van der Waals surface area contributed by atoms with Crippen LogP contribution in [0, 0.1) is 12.7 Å². The van der Waals surface area contributed by atoms with E-state index >= 15 is 0 Å². The Morgan fingerprint density at radius 3 is 2.56 bits per heavy atom. The minimum absolute atomic E-state index is 0.0840. The van der Waals surface area contributed by atoms with Crippen LogP contribution < -0.4 is 10.4 Å². The van der Waals surface area contributed by atoms with Crippen molar-refractivity contribution in [2.24, 2.45) is 0 Å². The van der Waals surface area contributed by atoms with Crippen molar-refractivity contribution in [3.05, 3.63) is 39.3 Å². The van der Waals surface area contributed by atoms with Gasteiger partial charge in [-0.25, -0.2) is 18.5 Å². The van der Waals surface area contributed by atoms with E-state index in [-0.39, 0.29) is 27.6 Å². The number of alkyl halides is 2. The maximum absolute atomic E-state index is 14.2. The third-order valence-electron chi connectivity index (χ3n) is 3.32. The molecule has 11 heteroatoms. The molecular formula is C14H13ClF3N3O4. The lowest BCUT2D eigenvalue weighted by Gasteiger charge is -2.15. The van der Waals surface area contributed by atoms with E-state index in [0.29, 0.717) is 4.68 Å². The summed E-state index contributed by atoms with van der Waals surface area (Å²) >= 11 is 5.83. The number of carbonyl (C=O) groups is 1. The number of aromatic nitrogens is 3. The number of aliphatic carboxylic acids is 1. The van der Waals surface area contributed by atoms with Gasteiger partial charge in [-0.2, -0.15) is 13.5 Å². The lowest BCUT2D eigenvalue weighted by atomic mass is 10.2. The molecule has 1 unspecified atom stereocenters. The van der Waals surface area contributed by atoms with Crippen molar-refractivity contribution < 1.29 is 27.8 Å². The fourth-order valence-corrected chi connectivity index (χ4v) is 2.29. The normalized spacial score (nSPS) is 12.4. The number of aryl methyl sites for hydroxylation is 1. The van der Waals surface area contributed by atoms with Crippen LogP contribution >= 0.6 is 11.6 Å². The Morgan fingerprint density at radius 2 is 2.08 bits per heavy atom. The highest BCUT2D eigenvalue weighted by Gasteiger charge is 2.23. The van der Waals surface area contributed by atoms with Crippen LogP contribution in [0.4, 0.5) is 13.2 Å². The number of benzene rings is 1. The van der Waals surface area contributed by atoms with Crippen LogP contribution in [0.1, 0.15) is 25.7 Å². The van der Waals surface area contributed by atoms with Crippen LogP contribution in [0.5, 0.6) is 5.75 Å². The molecule has 136 valence electrons. The number of halogens is 4. The number of carboxylic acid groups (broad SMARTS) is 1. The molecule has 0 spiro atoms. The van der Waals surface area contributed by atoms with Gasteiger partial charge in [0.25, 0.3) is 0 Å². The Balaban J connectivity index is 2.57. The van der Waals surface area contributed by atoms with Gasteiger partial charge in [-0.05, 0) is 19.4 Å². The molecule has 1 N–H and O–H groups in total. The number of rotatable bonds is 6. The van der Waals surface area contributed by atoms with Gasteiger partial charge >= 0.3 is 18.2 Å². The van der Waals surface area contributed by atoms with Gasteiger partial charge < -0.3 is 9.84 Å². The van der Waals surface area contributed by atoms with Crippen molar-refractivity contribution in [3.63, 3.8) is 0 Å². The van der Waals surface area contributed by atoms with Crippen molar-refractivity contribution in [2.45, 2.75) is 32.9 Å². The molecule has 0 bridgehead atoms. The second kappa shape index (κ2) is 7.18.